The lowest BCUT2D eigenvalue weighted by atomic mass is 10.1. The van der Waals surface area contributed by atoms with Gasteiger partial charge in [0.1, 0.15) is 5.60 Å². The van der Waals surface area contributed by atoms with Gasteiger partial charge in [-0.1, -0.05) is 5.92 Å². The van der Waals surface area contributed by atoms with Crippen LogP contribution >= 0.6 is 0 Å². The number of anilines is 2. The molecule has 0 spiro atoms. The molecule has 0 fully saturated rings. The summed E-state index contributed by atoms with van der Waals surface area (Å²) in [5.74, 6) is 4.62. The van der Waals surface area contributed by atoms with Gasteiger partial charge in [0, 0.05) is 18.5 Å². The molecule has 0 aliphatic heterocycles. The highest BCUT2D eigenvalue weighted by Crippen LogP contribution is 2.18. The molecule has 0 heterocycles. The van der Waals surface area contributed by atoms with Gasteiger partial charge in [-0.15, -0.1) is 0 Å². The maximum atomic E-state index is 11.4. The van der Waals surface area contributed by atoms with E-state index < -0.39 is 11.6 Å². The SMILES string of the molecule is CNc1ccc(C#CC(=O)OC(C)(C)C)cc1N. The minimum Gasteiger partial charge on any atom is -0.450 e. The molecule has 0 aliphatic rings. The molecular formula is C14H18N2O2. The minimum absolute atomic E-state index is 0.527. The van der Waals surface area contributed by atoms with Gasteiger partial charge >= 0.3 is 5.97 Å². The predicted octanol–water partition coefficient (Wildman–Crippen LogP) is 2.00. The van der Waals surface area contributed by atoms with Crippen molar-refractivity contribution in [2.24, 2.45) is 0 Å². The third-order valence-electron chi connectivity index (χ3n) is 2.03. The van der Waals surface area contributed by atoms with Crippen LogP contribution < -0.4 is 11.1 Å². The Balaban J connectivity index is 2.80. The third kappa shape index (κ3) is 4.38. The molecule has 0 bridgehead atoms. The summed E-state index contributed by atoms with van der Waals surface area (Å²) < 4.78 is 5.08. The molecule has 96 valence electrons. The van der Waals surface area contributed by atoms with E-state index >= 15 is 0 Å². The number of carbonyl (C=O) groups excluding carboxylic acids is 1. The summed E-state index contributed by atoms with van der Waals surface area (Å²) >= 11 is 0. The fraction of sp³-hybridized carbons (Fsp3) is 0.357. The zero-order valence-electron chi connectivity index (χ0n) is 11.1. The zero-order chi connectivity index (χ0) is 13.8. The van der Waals surface area contributed by atoms with Gasteiger partial charge in [0.15, 0.2) is 0 Å². The molecule has 1 aromatic rings. The molecule has 1 rings (SSSR count). The van der Waals surface area contributed by atoms with E-state index in [9.17, 15) is 4.79 Å². The van der Waals surface area contributed by atoms with Crippen LogP contribution in [0.3, 0.4) is 0 Å². The summed E-state index contributed by atoms with van der Waals surface area (Å²) in [7, 11) is 1.79. The lowest BCUT2D eigenvalue weighted by molar-refractivity contribution is -0.147. The molecule has 0 saturated heterocycles. The predicted molar refractivity (Wildman–Crippen MR) is 73.1 cm³/mol. The van der Waals surface area contributed by atoms with Crippen molar-refractivity contribution in [2.75, 3.05) is 18.1 Å². The molecule has 4 nitrogen and oxygen atoms in total. The van der Waals surface area contributed by atoms with Crippen LogP contribution in [0.5, 0.6) is 0 Å². The number of hydrogen-bond acceptors (Lipinski definition) is 4. The number of rotatable bonds is 1. The standard InChI is InChI=1S/C14H18N2O2/c1-14(2,3)18-13(17)8-6-10-5-7-12(16-4)11(15)9-10/h5,7,9,16H,15H2,1-4H3. The van der Waals surface area contributed by atoms with Crippen LogP contribution in [0.4, 0.5) is 11.4 Å². The van der Waals surface area contributed by atoms with Crippen LogP contribution in [0.15, 0.2) is 18.2 Å². The van der Waals surface area contributed by atoms with E-state index in [2.05, 4.69) is 17.2 Å². The number of ether oxygens (including phenoxy) is 1. The van der Waals surface area contributed by atoms with E-state index in [-0.39, 0.29) is 0 Å². The maximum Gasteiger partial charge on any atom is 0.385 e. The third-order valence-corrected chi connectivity index (χ3v) is 2.03. The van der Waals surface area contributed by atoms with Crippen molar-refractivity contribution in [3.8, 4) is 11.8 Å². The van der Waals surface area contributed by atoms with Crippen LogP contribution in [0.25, 0.3) is 0 Å². The molecule has 0 aromatic heterocycles. The van der Waals surface area contributed by atoms with Gasteiger partial charge in [-0.25, -0.2) is 4.79 Å². The summed E-state index contributed by atoms with van der Waals surface area (Å²) in [5, 5.41) is 2.95. The first-order valence-electron chi connectivity index (χ1n) is 5.64. The van der Waals surface area contributed by atoms with Crippen LogP contribution in [-0.2, 0) is 9.53 Å². The second-order valence-corrected chi connectivity index (χ2v) is 4.80. The van der Waals surface area contributed by atoms with E-state index in [4.69, 9.17) is 10.5 Å². The molecule has 0 amide bonds. The lowest BCUT2D eigenvalue weighted by Crippen LogP contribution is -2.22. The molecular weight excluding hydrogens is 228 g/mol. The monoisotopic (exact) mass is 246 g/mol. The van der Waals surface area contributed by atoms with Gasteiger partial charge in [-0.3, -0.25) is 0 Å². The number of nitrogen functional groups attached to an aromatic ring is 1. The number of benzene rings is 1. The van der Waals surface area contributed by atoms with Gasteiger partial charge in [0.2, 0.25) is 0 Å². The van der Waals surface area contributed by atoms with Crippen molar-refractivity contribution < 1.29 is 9.53 Å². The summed E-state index contributed by atoms with van der Waals surface area (Å²) in [4.78, 5) is 11.4. The zero-order valence-corrected chi connectivity index (χ0v) is 11.1. The molecule has 0 saturated carbocycles. The number of nitrogens with two attached hydrogens (primary N) is 1. The molecule has 3 N–H and O–H groups in total. The molecule has 1 aromatic carbocycles. The average Bonchev–Trinajstić information content (AvgIpc) is 2.24. The van der Waals surface area contributed by atoms with Crippen LogP contribution in [0.2, 0.25) is 0 Å². The van der Waals surface area contributed by atoms with Gasteiger partial charge in [-0.05, 0) is 39.0 Å². The molecule has 0 aliphatic carbocycles. The normalized spacial score (nSPS) is 10.2. The summed E-state index contributed by atoms with van der Waals surface area (Å²) in [6, 6.07) is 5.32. The Kier molecular flexibility index (Phi) is 4.22. The van der Waals surface area contributed by atoms with Gasteiger partial charge in [-0.2, -0.15) is 0 Å². The topological polar surface area (TPSA) is 64.3 Å². The summed E-state index contributed by atoms with van der Waals surface area (Å²) in [5.41, 5.74) is 7.37. The second kappa shape index (κ2) is 5.46. The van der Waals surface area contributed by atoms with Crippen LogP contribution in [0.1, 0.15) is 26.3 Å². The van der Waals surface area contributed by atoms with Crippen molar-refractivity contribution in [2.45, 2.75) is 26.4 Å². The molecule has 0 atom stereocenters. The van der Waals surface area contributed by atoms with Crippen molar-refractivity contribution in [3.63, 3.8) is 0 Å². The quantitative estimate of drug-likeness (QED) is 0.452. The van der Waals surface area contributed by atoms with E-state index in [1.54, 1.807) is 40.0 Å². The second-order valence-electron chi connectivity index (χ2n) is 4.80. The lowest BCUT2D eigenvalue weighted by Gasteiger charge is -2.16. The average molecular weight is 246 g/mol. The largest absolute Gasteiger partial charge is 0.450 e. The Morgan fingerprint density at radius 1 is 1.39 bits per heavy atom. The number of esters is 1. The highest BCUT2D eigenvalue weighted by molar-refractivity contribution is 5.89. The van der Waals surface area contributed by atoms with Gasteiger partial charge in [0.25, 0.3) is 0 Å². The Bertz CT molecular complexity index is 505. The molecule has 0 radical (unpaired) electrons. The van der Waals surface area contributed by atoms with E-state index in [1.807, 2.05) is 6.07 Å². The van der Waals surface area contributed by atoms with Crippen molar-refractivity contribution in [3.05, 3.63) is 23.8 Å². The Morgan fingerprint density at radius 2 is 2.06 bits per heavy atom. The maximum absolute atomic E-state index is 11.4. The van der Waals surface area contributed by atoms with Gasteiger partial charge < -0.3 is 15.8 Å². The van der Waals surface area contributed by atoms with E-state index in [0.717, 1.165) is 5.69 Å². The van der Waals surface area contributed by atoms with Crippen molar-refractivity contribution in [1.82, 2.24) is 0 Å². The van der Waals surface area contributed by atoms with Crippen molar-refractivity contribution in [1.29, 1.82) is 0 Å². The van der Waals surface area contributed by atoms with Crippen LogP contribution in [-0.4, -0.2) is 18.6 Å². The highest BCUT2D eigenvalue weighted by atomic mass is 16.6. The van der Waals surface area contributed by atoms with Crippen molar-refractivity contribution >= 4 is 17.3 Å². The highest BCUT2D eigenvalue weighted by Gasteiger charge is 2.14. The Labute approximate surface area is 108 Å². The summed E-state index contributed by atoms with van der Waals surface area (Å²) in [6.07, 6.45) is 0. The Hall–Kier alpha value is -2.15. The van der Waals surface area contributed by atoms with Crippen LogP contribution in [0, 0.1) is 11.8 Å². The first-order chi connectivity index (χ1) is 8.31. The fourth-order valence-corrected chi connectivity index (χ4v) is 1.29. The van der Waals surface area contributed by atoms with E-state index in [1.165, 1.54) is 0 Å². The first-order valence-corrected chi connectivity index (χ1v) is 5.64. The Morgan fingerprint density at radius 3 is 2.56 bits per heavy atom. The molecule has 18 heavy (non-hydrogen) atoms. The smallest absolute Gasteiger partial charge is 0.385 e. The van der Waals surface area contributed by atoms with Gasteiger partial charge in [0.05, 0.1) is 11.4 Å². The number of carbonyl (C=O) groups is 1. The number of hydrogen-bond donors (Lipinski definition) is 2. The fourth-order valence-electron chi connectivity index (χ4n) is 1.29. The summed E-state index contributed by atoms with van der Waals surface area (Å²) in [6.45, 7) is 5.39. The first kappa shape index (κ1) is 13.9. The molecule has 0 unspecified atom stereocenters. The molecule has 4 heteroatoms. The van der Waals surface area contributed by atoms with E-state index in [0.29, 0.717) is 11.3 Å². The minimum atomic E-state index is -0.543. The number of nitrogens with one attached hydrogen (secondary N) is 1.